The molecule has 0 aliphatic carbocycles. The predicted molar refractivity (Wildman–Crippen MR) is 82.7 cm³/mol. The number of furan rings is 1. The Balaban J connectivity index is 1.93. The Hall–Kier alpha value is -3.42. The summed E-state index contributed by atoms with van der Waals surface area (Å²) in [5.41, 5.74) is 8.30. The van der Waals surface area contributed by atoms with Crippen LogP contribution in [-0.2, 0) is 9.59 Å². The van der Waals surface area contributed by atoms with Crippen molar-refractivity contribution in [3.8, 4) is 0 Å². The molecule has 2 aromatic rings. The van der Waals surface area contributed by atoms with Crippen LogP contribution in [0.4, 0.5) is 5.69 Å². The van der Waals surface area contributed by atoms with Gasteiger partial charge in [0.05, 0.1) is 6.26 Å². The van der Waals surface area contributed by atoms with Gasteiger partial charge in [-0.05, 0) is 43.3 Å². The normalized spacial score (nSPS) is 10.9. The molecule has 3 amide bonds. The molecule has 1 heterocycles. The number of anilines is 1. The van der Waals surface area contributed by atoms with Gasteiger partial charge in [-0.25, -0.2) is 5.43 Å². The minimum atomic E-state index is -0.935. The lowest BCUT2D eigenvalue weighted by Crippen LogP contribution is -2.32. The molecule has 8 heteroatoms. The van der Waals surface area contributed by atoms with E-state index in [1.807, 2.05) is 0 Å². The number of hydrazone groups is 1. The van der Waals surface area contributed by atoms with Crippen molar-refractivity contribution in [1.82, 2.24) is 5.43 Å². The predicted octanol–water partition coefficient (Wildman–Crippen LogP) is 0.857. The quantitative estimate of drug-likeness (QED) is 0.439. The van der Waals surface area contributed by atoms with Crippen molar-refractivity contribution in [1.29, 1.82) is 0 Å². The lowest BCUT2D eigenvalue weighted by molar-refractivity contribution is -0.136. The number of carbonyl (C=O) groups excluding carboxylic acids is 3. The van der Waals surface area contributed by atoms with Crippen LogP contribution < -0.4 is 16.5 Å². The van der Waals surface area contributed by atoms with E-state index in [0.717, 1.165) is 0 Å². The van der Waals surface area contributed by atoms with Crippen LogP contribution in [0.25, 0.3) is 0 Å². The fraction of sp³-hybridized carbons (Fsp3) is 0.0667. The third kappa shape index (κ3) is 4.27. The van der Waals surface area contributed by atoms with Crippen molar-refractivity contribution in [3.63, 3.8) is 0 Å². The van der Waals surface area contributed by atoms with E-state index >= 15 is 0 Å². The molecule has 23 heavy (non-hydrogen) atoms. The van der Waals surface area contributed by atoms with Gasteiger partial charge < -0.3 is 15.5 Å². The Bertz CT molecular complexity index is 748. The van der Waals surface area contributed by atoms with Gasteiger partial charge >= 0.3 is 11.8 Å². The van der Waals surface area contributed by atoms with Crippen LogP contribution in [0.1, 0.15) is 23.0 Å². The van der Waals surface area contributed by atoms with E-state index in [1.165, 1.54) is 30.5 Å². The molecule has 0 aliphatic heterocycles. The Kier molecular flexibility index (Phi) is 4.88. The Morgan fingerprint density at radius 1 is 1.09 bits per heavy atom. The zero-order valence-electron chi connectivity index (χ0n) is 12.2. The first-order valence-corrected chi connectivity index (χ1v) is 6.56. The Labute approximate surface area is 131 Å². The first kappa shape index (κ1) is 16.0. The standard InChI is InChI=1S/C15H14N4O4/c1-9(12-3-2-8-23-12)18-19-15(22)14(21)17-11-6-4-10(5-7-11)13(16)20/h2-8H,1H3,(H2,16,20)(H,17,21)(H,19,22). The summed E-state index contributed by atoms with van der Waals surface area (Å²) in [6.45, 7) is 1.62. The van der Waals surface area contributed by atoms with E-state index in [0.29, 0.717) is 22.7 Å². The van der Waals surface area contributed by atoms with Crippen LogP contribution in [0.5, 0.6) is 0 Å². The second-order valence-electron chi connectivity index (χ2n) is 4.51. The fourth-order valence-corrected chi connectivity index (χ4v) is 1.63. The average molecular weight is 314 g/mol. The number of hydrogen-bond acceptors (Lipinski definition) is 5. The number of primary amides is 1. The third-order valence-corrected chi connectivity index (χ3v) is 2.84. The zero-order valence-corrected chi connectivity index (χ0v) is 12.2. The van der Waals surface area contributed by atoms with Gasteiger partial charge in [-0.3, -0.25) is 14.4 Å². The maximum Gasteiger partial charge on any atom is 0.329 e. The first-order chi connectivity index (χ1) is 11.0. The van der Waals surface area contributed by atoms with E-state index in [9.17, 15) is 14.4 Å². The van der Waals surface area contributed by atoms with E-state index in [-0.39, 0.29) is 0 Å². The molecule has 0 spiro atoms. The molecule has 0 saturated carbocycles. The molecular formula is C15H14N4O4. The first-order valence-electron chi connectivity index (χ1n) is 6.56. The molecule has 118 valence electrons. The second kappa shape index (κ2) is 7.03. The summed E-state index contributed by atoms with van der Waals surface area (Å²) >= 11 is 0. The number of carbonyl (C=O) groups is 3. The number of hydrogen-bond donors (Lipinski definition) is 3. The molecule has 4 N–H and O–H groups in total. The number of amides is 3. The summed E-state index contributed by atoms with van der Waals surface area (Å²) in [6.07, 6.45) is 1.47. The highest BCUT2D eigenvalue weighted by Crippen LogP contribution is 2.09. The Morgan fingerprint density at radius 2 is 1.78 bits per heavy atom. The lowest BCUT2D eigenvalue weighted by Gasteiger charge is -2.05. The van der Waals surface area contributed by atoms with E-state index in [2.05, 4.69) is 15.8 Å². The molecule has 0 saturated heterocycles. The third-order valence-electron chi connectivity index (χ3n) is 2.84. The fourth-order valence-electron chi connectivity index (χ4n) is 1.63. The van der Waals surface area contributed by atoms with Gasteiger partial charge in [0.1, 0.15) is 11.5 Å². The van der Waals surface area contributed by atoms with Gasteiger partial charge in [-0.2, -0.15) is 5.10 Å². The maximum absolute atomic E-state index is 11.7. The molecule has 0 fully saturated rings. The summed E-state index contributed by atoms with van der Waals surface area (Å²) in [7, 11) is 0. The van der Waals surface area contributed by atoms with Gasteiger partial charge in [-0.1, -0.05) is 0 Å². The minimum Gasteiger partial charge on any atom is -0.463 e. The van der Waals surface area contributed by atoms with Crippen LogP contribution in [0.2, 0.25) is 0 Å². The number of nitrogens with zero attached hydrogens (tertiary/aromatic N) is 1. The van der Waals surface area contributed by atoms with Gasteiger partial charge in [0.15, 0.2) is 0 Å². The summed E-state index contributed by atoms with van der Waals surface area (Å²) in [4.78, 5) is 34.3. The van der Waals surface area contributed by atoms with Crippen molar-refractivity contribution in [2.45, 2.75) is 6.92 Å². The number of benzene rings is 1. The van der Waals surface area contributed by atoms with Crippen molar-refractivity contribution in [2.24, 2.45) is 10.8 Å². The molecule has 2 rings (SSSR count). The molecule has 0 bridgehead atoms. The van der Waals surface area contributed by atoms with Crippen LogP contribution in [0.3, 0.4) is 0 Å². The molecule has 0 atom stereocenters. The van der Waals surface area contributed by atoms with Crippen LogP contribution in [0, 0.1) is 0 Å². The van der Waals surface area contributed by atoms with Crippen LogP contribution >= 0.6 is 0 Å². The Morgan fingerprint density at radius 3 is 2.35 bits per heavy atom. The topological polar surface area (TPSA) is 127 Å². The van der Waals surface area contributed by atoms with Gasteiger partial charge in [-0.15, -0.1) is 0 Å². The number of rotatable bonds is 4. The minimum absolute atomic E-state index is 0.297. The van der Waals surface area contributed by atoms with E-state index in [1.54, 1.807) is 19.1 Å². The van der Waals surface area contributed by atoms with E-state index < -0.39 is 17.7 Å². The second-order valence-corrected chi connectivity index (χ2v) is 4.51. The number of nitrogens with one attached hydrogen (secondary N) is 2. The van der Waals surface area contributed by atoms with E-state index in [4.69, 9.17) is 10.2 Å². The largest absolute Gasteiger partial charge is 0.463 e. The van der Waals surface area contributed by atoms with Crippen LogP contribution in [0.15, 0.2) is 52.2 Å². The summed E-state index contributed by atoms with van der Waals surface area (Å²) in [5, 5.41) is 6.14. The molecule has 1 aromatic carbocycles. The molecule has 8 nitrogen and oxygen atoms in total. The molecule has 0 aliphatic rings. The smallest absolute Gasteiger partial charge is 0.329 e. The van der Waals surface area contributed by atoms with Crippen molar-refractivity contribution in [3.05, 3.63) is 54.0 Å². The van der Waals surface area contributed by atoms with Crippen molar-refractivity contribution >= 4 is 29.1 Å². The van der Waals surface area contributed by atoms with Gasteiger partial charge in [0.25, 0.3) is 0 Å². The van der Waals surface area contributed by atoms with Crippen molar-refractivity contribution in [2.75, 3.05) is 5.32 Å². The van der Waals surface area contributed by atoms with Gasteiger partial charge in [0, 0.05) is 11.3 Å². The maximum atomic E-state index is 11.7. The average Bonchev–Trinajstić information content (AvgIpc) is 3.07. The van der Waals surface area contributed by atoms with Crippen LogP contribution in [-0.4, -0.2) is 23.4 Å². The highest BCUT2D eigenvalue weighted by Gasteiger charge is 2.13. The number of nitrogens with two attached hydrogens (primary N) is 1. The molecule has 0 radical (unpaired) electrons. The summed E-state index contributed by atoms with van der Waals surface area (Å²) in [5.74, 6) is -1.93. The summed E-state index contributed by atoms with van der Waals surface area (Å²) in [6, 6.07) is 9.15. The summed E-state index contributed by atoms with van der Waals surface area (Å²) < 4.78 is 5.09. The molecule has 1 aromatic heterocycles. The van der Waals surface area contributed by atoms with Gasteiger partial charge in [0.2, 0.25) is 5.91 Å². The van der Waals surface area contributed by atoms with Crippen molar-refractivity contribution < 1.29 is 18.8 Å². The zero-order chi connectivity index (χ0) is 16.8. The highest BCUT2D eigenvalue weighted by atomic mass is 16.3. The monoisotopic (exact) mass is 314 g/mol. The molecular weight excluding hydrogens is 300 g/mol. The SMILES string of the molecule is CC(=NNC(=O)C(=O)Nc1ccc(C(N)=O)cc1)c1ccco1. The molecule has 0 unspecified atom stereocenters. The lowest BCUT2D eigenvalue weighted by atomic mass is 10.2. The highest BCUT2D eigenvalue weighted by molar-refractivity contribution is 6.39.